The molecule has 1 fully saturated rings. The first-order valence-electron chi connectivity index (χ1n) is 8.25. The fourth-order valence-corrected chi connectivity index (χ4v) is 4.22. The lowest BCUT2D eigenvalue weighted by Gasteiger charge is -2.32. The van der Waals surface area contributed by atoms with E-state index < -0.39 is 0 Å². The fourth-order valence-electron chi connectivity index (χ4n) is 3.54. The SMILES string of the molecule is Cc1cc(C(=O)N2CCCC(c3nn(C)c4ncccc34)C2)cs1. The predicted octanol–water partition coefficient (Wildman–Crippen LogP) is 3.36. The van der Waals surface area contributed by atoms with Crippen LogP contribution in [0.5, 0.6) is 0 Å². The minimum atomic E-state index is 0.141. The number of aryl methyl sites for hydroxylation is 2. The van der Waals surface area contributed by atoms with Crippen molar-refractivity contribution in [1.29, 1.82) is 0 Å². The third kappa shape index (κ3) is 2.60. The quantitative estimate of drug-likeness (QED) is 0.719. The topological polar surface area (TPSA) is 51.0 Å². The van der Waals surface area contributed by atoms with Gasteiger partial charge in [-0.05, 0) is 38.0 Å². The summed E-state index contributed by atoms with van der Waals surface area (Å²) in [5.74, 6) is 0.415. The number of aromatic nitrogens is 3. The highest BCUT2D eigenvalue weighted by molar-refractivity contribution is 7.10. The van der Waals surface area contributed by atoms with Crippen molar-refractivity contribution in [3.8, 4) is 0 Å². The second-order valence-corrected chi connectivity index (χ2v) is 7.54. The third-order valence-electron chi connectivity index (χ3n) is 4.70. The van der Waals surface area contributed by atoms with E-state index in [1.54, 1.807) is 17.5 Å². The highest BCUT2D eigenvalue weighted by atomic mass is 32.1. The Labute approximate surface area is 144 Å². The number of hydrogen-bond donors (Lipinski definition) is 0. The predicted molar refractivity (Wildman–Crippen MR) is 95.4 cm³/mol. The van der Waals surface area contributed by atoms with Crippen molar-refractivity contribution in [2.75, 3.05) is 13.1 Å². The molecule has 124 valence electrons. The lowest BCUT2D eigenvalue weighted by Crippen LogP contribution is -2.39. The number of likely N-dealkylation sites (tertiary alicyclic amines) is 1. The van der Waals surface area contributed by atoms with Crippen molar-refractivity contribution in [2.45, 2.75) is 25.7 Å². The van der Waals surface area contributed by atoms with Gasteiger partial charge in [-0.3, -0.25) is 9.48 Å². The van der Waals surface area contributed by atoms with E-state index >= 15 is 0 Å². The number of piperidine rings is 1. The zero-order valence-corrected chi connectivity index (χ0v) is 14.7. The van der Waals surface area contributed by atoms with Crippen LogP contribution in [-0.2, 0) is 7.05 Å². The van der Waals surface area contributed by atoms with Crippen molar-refractivity contribution >= 4 is 28.3 Å². The second-order valence-electron chi connectivity index (χ2n) is 6.42. The molecule has 1 aliphatic heterocycles. The Hall–Kier alpha value is -2.21. The number of carbonyl (C=O) groups is 1. The molecule has 0 saturated carbocycles. The van der Waals surface area contributed by atoms with Gasteiger partial charge in [0.2, 0.25) is 0 Å². The summed E-state index contributed by atoms with van der Waals surface area (Å²) in [6, 6.07) is 6.01. The number of rotatable bonds is 2. The first-order valence-corrected chi connectivity index (χ1v) is 9.13. The van der Waals surface area contributed by atoms with Gasteiger partial charge < -0.3 is 4.90 Å². The molecular weight excluding hydrogens is 320 g/mol. The van der Waals surface area contributed by atoms with Crippen LogP contribution in [-0.4, -0.2) is 38.7 Å². The van der Waals surface area contributed by atoms with Crippen LogP contribution in [0.15, 0.2) is 29.8 Å². The molecule has 1 unspecified atom stereocenters. The Balaban J connectivity index is 1.61. The largest absolute Gasteiger partial charge is 0.338 e. The maximum atomic E-state index is 12.8. The Bertz CT molecular complexity index is 897. The van der Waals surface area contributed by atoms with Crippen LogP contribution in [0.2, 0.25) is 0 Å². The molecule has 0 aromatic carbocycles. The smallest absolute Gasteiger partial charge is 0.254 e. The standard InChI is InChI=1S/C18H20N4OS/c1-12-9-14(11-24-12)18(23)22-8-4-5-13(10-22)16-15-6-3-7-19-17(15)21(2)20-16/h3,6-7,9,11,13H,4-5,8,10H2,1-2H3. The number of pyridine rings is 1. The van der Waals surface area contributed by atoms with Gasteiger partial charge in [0.1, 0.15) is 0 Å². The number of amides is 1. The van der Waals surface area contributed by atoms with Crippen LogP contribution in [0.1, 0.15) is 39.7 Å². The molecule has 4 heterocycles. The van der Waals surface area contributed by atoms with Gasteiger partial charge in [0.05, 0.1) is 11.3 Å². The van der Waals surface area contributed by atoms with Gasteiger partial charge in [-0.2, -0.15) is 5.10 Å². The van der Waals surface area contributed by atoms with E-state index in [9.17, 15) is 4.79 Å². The first-order chi connectivity index (χ1) is 11.6. The van der Waals surface area contributed by atoms with Crippen LogP contribution in [0, 0.1) is 6.92 Å². The molecule has 0 N–H and O–H groups in total. The van der Waals surface area contributed by atoms with Gasteiger partial charge in [-0.15, -0.1) is 11.3 Å². The molecule has 1 aliphatic rings. The molecule has 0 bridgehead atoms. The molecule has 5 nitrogen and oxygen atoms in total. The molecule has 24 heavy (non-hydrogen) atoms. The highest BCUT2D eigenvalue weighted by Gasteiger charge is 2.28. The summed E-state index contributed by atoms with van der Waals surface area (Å²) in [4.78, 5) is 20.3. The maximum absolute atomic E-state index is 12.8. The number of nitrogens with zero attached hydrogens (tertiary/aromatic N) is 4. The number of thiophene rings is 1. The zero-order chi connectivity index (χ0) is 16.7. The lowest BCUT2D eigenvalue weighted by atomic mass is 9.93. The van der Waals surface area contributed by atoms with Crippen molar-refractivity contribution in [1.82, 2.24) is 19.7 Å². The summed E-state index contributed by atoms with van der Waals surface area (Å²) in [7, 11) is 1.93. The molecule has 3 aromatic heterocycles. The van der Waals surface area contributed by atoms with E-state index in [-0.39, 0.29) is 11.8 Å². The minimum Gasteiger partial charge on any atom is -0.338 e. The maximum Gasteiger partial charge on any atom is 0.254 e. The monoisotopic (exact) mass is 340 g/mol. The summed E-state index contributed by atoms with van der Waals surface area (Å²) < 4.78 is 1.84. The molecule has 1 saturated heterocycles. The van der Waals surface area contributed by atoms with Crippen LogP contribution in [0.4, 0.5) is 0 Å². The number of carbonyl (C=O) groups excluding carboxylic acids is 1. The highest BCUT2D eigenvalue weighted by Crippen LogP contribution is 2.31. The van der Waals surface area contributed by atoms with Crippen molar-refractivity contribution in [3.05, 3.63) is 45.9 Å². The van der Waals surface area contributed by atoms with E-state index in [1.165, 1.54) is 4.88 Å². The summed E-state index contributed by atoms with van der Waals surface area (Å²) in [6.45, 7) is 3.59. The first kappa shape index (κ1) is 15.3. The molecule has 0 radical (unpaired) electrons. The molecule has 1 amide bonds. The molecule has 4 rings (SSSR count). The summed E-state index contributed by atoms with van der Waals surface area (Å²) in [5, 5.41) is 7.76. The van der Waals surface area contributed by atoms with Crippen LogP contribution in [0.25, 0.3) is 11.0 Å². The van der Waals surface area contributed by atoms with Gasteiger partial charge >= 0.3 is 0 Å². The van der Waals surface area contributed by atoms with E-state index in [0.717, 1.165) is 48.2 Å². The van der Waals surface area contributed by atoms with Crippen LogP contribution >= 0.6 is 11.3 Å². The molecule has 3 aromatic rings. The van der Waals surface area contributed by atoms with Gasteiger partial charge in [0, 0.05) is 47.9 Å². The Morgan fingerprint density at radius 2 is 2.29 bits per heavy atom. The Morgan fingerprint density at radius 3 is 3.08 bits per heavy atom. The number of hydrogen-bond acceptors (Lipinski definition) is 4. The average molecular weight is 340 g/mol. The molecular formula is C18H20N4OS. The van der Waals surface area contributed by atoms with E-state index in [0.29, 0.717) is 0 Å². The third-order valence-corrected chi connectivity index (χ3v) is 5.56. The Morgan fingerprint density at radius 1 is 1.42 bits per heavy atom. The molecule has 6 heteroatoms. The van der Waals surface area contributed by atoms with E-state index in [1.807, 2.05) is 41.1 Å². The zero-order valence-electron chi connectivity index (χ0n) is 13.9. The van der Waals surface area contributed by atoms with E-state index in [4.69, 9.17) is 5.10 Å². The minimum absolute atomic E-state index is 0.141. The second kappa shape index (κ2) is 6.02. The summed E-state index contributed by atoms with van der Waals surface area (Å²) in [5.41, 5.74) is 2.79. The van der Waals surface area contributed by atoms with Gasteiger partial charge in [-0.1, -0.05) is 0 Å². The van der Waals surface area contributed by atoms with Crippen molar-refractivity contribution in [3.63, 3.8) is 0 Å². The molecule has 1 atom stereocenters. The summed E-state index contributed by atoms with van der Waals surface area (Å²) in [6.07, 6.45) is 3.87. The summed E-state index contributed by atoms with van der Waals surface area (Å²) >= 11 is 1.63. The fraction of sp³-hybridized carbons (Fsp3) is 0.389. The normalized spacial score (nSPS) is 18.2. The average Bonchev–Trinajstić information content (AvgIpc) is 3.19. The Kier molecular flexibility index (Phi) is 3.84. The molecule has 0 aliphatic carbocycles. The van der Waals surface area contributed by atoms with E-state index in [2.05, 4.69) is 11.1 Å². The van der Waals surface area contributed by atoms with Crippen LogP contribution < -0.4 is 0 Å². The molecule has 0 spiro atoms. The van der Waals surface area contributed by atoms with Crippen molar-refractivity contribution in [2.24, 2.45) is 7.05 Å². The van der Waals surface area contributed by atoms with Crippen molar-refractivity contribution < 1.29 is 4.79 Å². The van der Waals surface area contributed by atoms with Gasteiger partial charge in [-0.25, -0.2) is 4.98 Å². The van der Waals surface area contributed by atoms with Crippen LogP contribution in [0.3, 0.4) is 0 Å². The van der Waals surface area contributed by atoms with Gasteiger partial charge in [0.25, 0.3) is 5.91 Å². The van der Waals surface area contributed by atoms with Gasteiger partial charge in [0.15, 0.2) is 5.65 Å². The number of fused-ring (bicyclic) bond motifs is 1. The lowest BCUT2D eigenvalue weighted by molar-refractivity contribution is 0.0706.